The standard InChI is InChI=1S/C14H16N2O/c1-2-14(17)12-7-8-16(10-12)9-11-3-5-13(15)6-4-11/h3-8,10H,2,9,15H2,1H3. The van der Waals surface area contributed by atoms with Crippen LogP contribution >= 0.6 is 0 Å². The topological polar surface area (TPSA) is 48.0 Å². The van der Waals surface area contributed by atoms with Crippen LogP contribution in [0.15, 0.2) is 42.7 Å². The molecule has 1 heterocycles. The van der Waals surface area contributed by atoms with Gasteiger partial charge in [0.2, 0.25) is 0 Å². The first-order valence-electron chi connectivity index (χ1n) is 5.72. The molecule has 3 nitrogen and oxygen atoms in total. The molecule has 0 amide bonds. The maximum atomic E-state index is 11.5. The highest BCUT2D eigenvalue weighted by Crippen LogP contribution is 2.10. The third kappa shape index (κ3) is 2.75. The van der Waals surface area contributed by atoms with Crippen molar-refractivity contribution in [3.05, 3.63) is 53.9 Å². The first-order valence-corrected chi connectivity index (χ1v) is 5.72. The van der Waals surface area contributed by atoms with Gasteiger partial charge in [-0.15, -0.1) is 0 Å². The van der Waals surface area contributed by atoms with Crippen molar-refractivity contribution < 1.29 is 4.79 Å². The van der Waals surface area contributed by atoms with Gasteiger partial charge in [0.15, 0.2) is 5.78 Å². The molecule has 1 aromatic heterocycles. The maximum absolute atomic E-state index is 11.5. The summed E-state index contributed by atoms with van der Waals surface area (Å²) >= 11 is 0. The maximum Gasteiger partial charge on any atom is 0.164 e. The number of anilines is 1. The average molecular weight is 228 g/mol. The SMILES string of the molecule is CCC(=O)c1ccn(Cc2ccc(N)cc2)c1. The Kier molecular flexibility index (Phi) is 3.28. The van der Waals surface area contributed by atoms with Crippen molar-refractivity contribution in [2.75, 3.05) is 5.73 Å². The molecule has 0 atom stereocenters. The molecule has 0 saturated carbocycles. The van der Waals surface area contributed by atoms with Crippen LogP contribution < -0.4 is 5.73 Å². The summed E-state index contributed by atoms with van der Waals surface area (Å²) in [6, 6.07) is 9.63. The fourth-order valence-corrected chi connectivity index (χ4v) is 1.74. The quantitative estimate of drug-likeness (QED) is 0.646. The second kappa shape index (κ2) is 4.87. The van der Waals surface area contributed by atoms with Crippen LogP contribution in [0, 0.1) is 0 Å². The normalized spacial score (nSPS) is 10.4. The number of hydrogen-bond acceptors (Lipinski definition) is 2. The Bertz CT molecular complexity index is 511. The molecule has 88 valence electrons. The highest BCUT2D eigenvalue weighted by Gasteiger charge is 2.04. The van der Waals surface area contributed by atoms with E-state index in [2.05, 4.69) is 0 Å². The van der Waals surface area contributed by atoms with E-state index in [0.717, 1.165) is 17.8 Å². The number of Topliss-reactive ketones (excluding diaryl/α,β-unsaturated/α-hetero) is 1. The number of carbonyl (C=O) groups is 1. The molecular formula is C14H16N2O. The summed E-state index contributed by atoms with van der Waals surface area (Å²) in [5, 5.41) is 0. The summed E-state index contributed by atoms with van der Waals surface area (Å²) in [5.74, 6) is 0.182. The molecule has 0 aliphatic carbocycles. The Hall–Kier alpha value is -2.03. The largest absolute Gasteiger partial charge is 0.399 e. The third-order valence-electron chi connectivity index (χ3n) is 2.74. The summed E-state index contributed by atoms with van der Waals surface area (Å²) in [6.07, 6.45) is 4.37. The Labute approximate surface area is 101 Å². The number of nitrogens with zero attached hydrogens (tertiary/aromatic N) is 1. The molecular weight excluding hydrogens is 212 g/mol. The van der Waals surface area contributed by atoms with E-state index in [1.807, 2.05) is 54.2 Å². The van der Waals surface area contributed by atoms with Crippen molar-refractivity contribution in [2.24, 2.45) is 0 Å². The highest BCUT2D eigenvalue weighted by atomic mass is 16.1. The lowest BCUT2D eigenvalue weighted by molar-refractivity contribution is 0.0988. The summed E-state index contributed by atoms with van der Waals surface area (Å²) < 4.78 is 2.01. The van der Waals surface area contributed by atoms with Crippen LogP contribution in [0.5, 0.6) is 0 Å². The van der Waals surface area contributed by atoms with Gasteiger partial charge < -0.3 is 10.3 Å². The number of carbonyl (C=O) groups excluding carboxylic acids is 1. The number of rotatable bonds is 4. The predicted octanol–water partition coefficient (Wildman–Crippen LogP) is 2.71. The van der Waals surface area contributed by atoms with Crippen LogP contribution in [-0.4, -0.2) is 10.4 Å². The first kappa shape index (κ1) is 11.5. The lowest BCUT2D eigenvalue weighted by Gasteiger charge is -2.03. The van der Waals surface area contributed by atoms with Crippen molar-refractivity contribution in [1.82, 2.24) is 4.57 Å². The second-order valence-electron chi connectivity index (χ2n) is 4.09. The minimum atomic E-state index is 0.182. The summed E-state index contributed by atoms with van der Waals surface area (Å²) in [6.45, 7) is 2.64. The number of hydrogen-bond donors (Lipinski definition) is 1. The van der Waals surface area contributed by atoms with Gasteiger partial charge in [-0.3, -0.25) is 4.79 Å². The Balaban J connectivity index is 2.11. The van der Waals surface area contributed by atoms with E-state index in [1.54, 1.807) is 0 Å². The molecule has 0 aliphatic rings. The van der Waals surface area contributed by atoms with Gasteiger partial charge in [0, 0.05) is 36.6 Å². The van der Waals surface area contributed by atoms with Crippen LogP contribution in [-0.2, 0) is 6.54 Å². The Morgan fingerprint density at radius 1 is 1.24 bits per heavy atom. The van der Waals surface area contributed by atoms with Gasteiger partial charge in [-0.1, -0.05) is 19.1 Å². The minimum Gasteiger partial charge on any atom is -0.399 e. The van der Waals surface area contributed by atoms with Gasteiger partial charge in [0.25, 0.3) is 0 Å². The summed E-state index contributed by atoms with van der Waals surface area (Å²) in [5.41, 5.74) is 8.35. The van der Waals surface area contributed by atoms with Crippen molar-refractivity contribution in [3.63, 3.8) is 0 Å². The van der Waals surface area contributed by atoms with Gasteiger partial charge in [-0.2, -0.15) is 0 Å². The fourth-order valence-electron chi connectivity index (χ4n) is 1.74. The van der Waals surface area contributed by atoms with Crippen LogP contribution in [0.25, 0.3) is 0 Å². The zero-order valence-electron chi connectivity index (χ0n) is 9.89. The molecule has 3 heteroatoms. The molecule has 0 fully saturated rings. The van der Waals surface area contributed by atoms with Gasteiger partial charge >= 0.3 is 0 Å². The monoisotopic (exact) mass is 228 g/mol. The number of nitrogens with two attached hydrogens (primary N) is 1. The molecule has 2 rings (SSSR count). The Morgan fingerprint density at radius 2 is 1.94 bits per heavy atom. The van der Waals surface area contributed by atoms with Gasteiger partial charge in [-0.25, -0.2) is 0 Å². The van der Waals surface area contributed by atoms with E-state index in [-0.39, 0.29) is 5.78 Å². The van der Waals surface area contributed by atoms with E-state index < -0.39 is 0 Å². The second-order valence-corrected chi connectivity index (χ2v) is 4.09. The van der Waals surface area contributed by atoms with E-state index >= 15 is 0 Å². The molecule has 1 aromatic carbocycles. The minimum absolute atomic E-state index is 0.182. The summed E-state index contributed by atoms with van der Waals surface area (Å²) in [4.78, 5) is 11.5. The van der Waals surface area contributed by atoms with E-state index in [0.29, 0.717) is 6.42 Å². The molecule has 0 unspecified atom stereocenters. The van der Waals surface area contributed by atoms with E-state index in [9.17, 15) is 4.79 Å². The highest BCUT2D eigenvalue weighted by molar-refractivity contribution is 5.95. The predicted molar refractivity (Wildman–Crippen MR) is 69.0 cm³/mol. The smallest absolute Gasteiger partial charge is 0.164 e. The molecule has 0 bridgehead atoms. The number of benzene rings is 1. The van der Waals surface area contributed by atoms with Crippen molar-refractivity contribution in [1.29, 1.82) is 0 Å². The molecule has 0 radical (unpaired) electrons. The van der Waals surface area contributed by atoms with Gasteiger partial charge in [0.05, 0.1) is 0 Å². The van der Waals surface area contributed by atoms with Crippen molar-refractivity contribution >= 4 is 11.5 Å². The van der Waals surface area contributed by atoms with Gasteiger partial charge in [-0.05, 0) is 23.8 Å². The molecule has 0 spiro atoms. The number of aromatic nitrogens is 1. The average Bonchev–Trinajstić information content (AvgIpc) is 2.80. The fraction of sp³-hybridized carbons (Fsp3) is 0.214. The number of ketones is 1. The third-order valence-corrected chi connectivity index (χ3v) is 2.74. The molecule has 0 aliphatic heterocycles. The lowest BCUT2D eigenvalue weighted by Crippen LogP contribution is -1.98. The molecule has 17 heavy (non-hydrogen) atoms. The van der Waals surface area contributed by atoms with E-state index in [1.165, 1.54) is 5.56 Å². The lowest BCUT2D eigenvalue weighted by atomic mass is 10.2. The van der Waals surface area contributed by atoms with E-state index in [4.69, 9.17) is 5.73 Å². The van der Waals surface area contributed by atoms with Crippen LogP contribution in [0.4, 0.5) is 5.69 Å². The zero-order valence-corrected chi connectivity index (χ0v) is 9.89. The molecule has 2 aromatic rings. The van der Waals surface area contributed by atoms with Gasteiger partial charge in [0.1, 0.15) is 0 Å². The number of nitrogen functional groups attached to an aromatic ring is 1. The van der Waals surface area contributed by atoms with Crippen molar-refractivity contribution in [3.8, 4) is 0 Å². The first-order chi connectivity index (χ1) is 8.19. The Morgan fingerprint density at radius 3 is 2.59 bits per heavy atom. The van der Waals surface area contributed by atoms with Crippen LogP contribution in [0.1, 0.15) is 29.3 Å². The summed E-state index contributed by atoms with van der Waals surface area (Å²) in [7, 11) is 0. The van der Waals surface area contributed by atoms with Crippen molar-refractivity contribution in [2.45, 2.75) is 19.9 Å². The zero-order chi connectivity index (χ0) is 12.3. The molecule has 2 N–H and O–H groups in total. The van der Waals surface area contributed by atoms with Crippen LogP contribution in [0.2, 0.25) is 0 Å². The van der Waals surface area contributed by atoms with Crippen LogP contribution in [0.3, 0.4) is 0 Å². The molecule has 0 saturated heterocycles.